The molecule has 2 N–H and O–H groups in total. The van der Waals surface area contributed by atoms with Gasteiger partial charge in [-0.3, -0.25) is 14.3 Å². The van der Waals surface area contributed by atoms with Crippen molar-refractivity contribution in [1.82, 2.24) is 14.4 Å². The predicted molar refractivity (Wildman–Crippen MR) is 109 cm³/mol. The first-order chi connectivity index (χ1) is 14.3. The summed E-state index contributed by atoms with van der Waals surface area (Å²) >= 11 is 0. The number of hydrogen-bond donors (Lipinski definition) is 2. The van der Waals surface area contributed by atoms with Crippen molar-refractivity contribution in [2.24, 2.45) is 0 Å². The minimum atomic E-state index is -3.78. The number of anilines is 1. The van der Waals surface area contributed by atoms with Crippen LogP contribution in [0.25, 0.3) is 11.4 Å². The third-order valence-corrected chi connectivity index (χ3v) is 6.90. The molecule has 2 heterocycles. The number of aryl methyl sites for hydroxylation is 1. The average Bonchev–Trinajstić information content (AvgIpc) is 3.38. The average molecular weight is 428 g/mol. The molecule has 1 amide bonds. The maximum atomic E-state index is 13.0. The number of aromatic nitrogens is 2. The van der Waals surface area contributed by atoms with E-state index in [9.17, 15) is 18.0 Å². The van der Waals surface area contributed by atoms with Crippen LogP contribution in [-0.2, 0) is 14.8 Å². The van der Waals surface area contributed by atoms with Gasteiger partial charge in [0.05, 0.1) is 4.90 Å². The number of H-pyrrole nitrogens is 1. The van der Waals surface area contributed by atoms with Crippen molar-refractivity contribution < 1.29 is 17.7 Å². The molecular formula is C20H20N4O5S. The Labute approximate surface area is 172 Å². The molecule has 0 unspecified atom stereocenters. The molecular weight excluding hydrogens is 408 g/mol. The van der Waals surface area contributed by atoms with E-state index in [-0.39, 0.29) is 17.3 Å². The zero-order chi connectivity index (χ0) is 21.3. The van der Waals surface area contributed by atoms with Gasteiger partial charge in [0.15, 0.2) is 5.82 Å². The number of carbonyl (C=O) groups excluding carboxylic acids is 1. The van der Waals surface area contributed by atoms with E-state index < -0.39 is 27.7 Å². The van der Waals surface area contributed by atoms with E-state index in [2.05, 4.69) is 20.0 Å². The smallest absolute Gasteiger partial charge is 0.325 e. The Bertz CT molecular complexity index is 1230. The molecule has 0 bridgehead atoms. The first-order valence-corrected chi connectivity index (χ1v) is 10.8. The molecule has 1 aliphatic rings. The molecule has 1 saturated heterocycles. The van der Waals surface area contributed by atoms with Gasteiger partial charge in [0.25, 0.3) is 0 Å². The molecule has 3 aromatic rings. The summed E-state index contributed by atoms with van der Waals surface area (Å²) in [5.74, 6) is -0.850. The van der Waals surface area contributed by atoms with E-state index in [4.69, 9.17) is 0 Å². The van der Waals surface area contributed by atoms with Crippen LogP contribution in [0.2, 0.25) is 0 Å². The number of sulfonamides is 1. The highest BCUT2D eigenvalue weighted by atomic mass is 32.2. The molecule has 1 aliphatic heterocycles. The van der Waals surface area contributed by atoms with E-state index in [1.165, 1.54) is 4.31 Å². The second-order valence-electron chi connectivity index (χ2n) is 7.10. The third kappa shape index (κ3) is 3.91. The van der Waals surface area contributed by atoms with Gasteiger partial charge in [-0.05, 0) is 44.0 Å². The summed E-state index contributed by atoms with van der Waals surface area (Å²) in [4.78, 5) is 26.7. The quantitative estimate of drug-likeness (QED) is 0.641. The van der Waals surface area contributed by atoms with E-state index in [0.717, 1.165) is 5.56 Å². The Morgan fingerprint density at radius 2 is 2.00 bits per heavy atom. The van der Waals surface area contributed by atoms with Gasteiger partial charge < -0.3 is 5.32 Å². The molecule has 0 saturated carbocycles. The van der Waals surface area contributed by atoms with Crippen molar-refractivity contribution in [3.8, 4) is 11.4 Å². The fraction of sp³-hybridized carbons (Fsp3) is 0.250. The first kappa shape index (κ1) is 20.0. The lowest BCUT2D eigenvalue weighted by Crippen LogP contribution is -2.43. The molecule has 1 atom stereocenters. The Balaban J connectivity index is 1.54. The lowest BCUT2D eigenvalue weighted by atomic mass is 10.1. The topological polar surface area (TPSA) is 125 Å². The van der Waals surface area contributed by atoms with Crippen molar-refractivity contribution in [3.63, 3.8) is 0 Å². The predicted octanol–water partition coefficient (Wildman–Crippen LogP) is 2.13. The lowest BCUT2D eigenvalue weighted by Gasteiger charge is -2.23. The summed E-state index contributed by atoms with van der Waals surface area (Å²) < 4.78 is 31.9. The van der Waals surface area contributed by atoms with E-state index in [1.54, 1.807) is 48.5 Å². The number of benzene rings is 2. The molecule has 9 nitrogen and oxygen atoms in total. The van der Waals surface area contributed by atoms with Crippen molar-refractivity contribution >= 4 is 21.6 Å². The summed E-state index contributed by atoms with van der Waals surface area (Å²) in [5, 5.41) is 6.39. The number of aromatic amines is 1. The van der Waals surface area contributed by atoms with Gasteiger partial charge in [0, 0.05) is 17.8 Å². The number of rotatable bonds is 5. The highest BCUT2D eigenvalue weighted by Gasteiger charge is 2.39. The lowest BCUT2D eigenvalue weighted by molar-refractivity contribution is -0.119. The van der Waals surface area contributed by atoms with E-state index >= 15 is 0 Å². The molecule has 1 aromatic heterocycles. The maximum absolute atomic E-state index is 13.0. The van der Waals surface area contributed by atoms with Crippen molar-refractivity contribution in [2.75, 3.05) is 11.9 Å². The van der Waals surface area contributed by atoms with Crippen LogP contribution in [0.4, 0.5) is 5.69 Å². The Morgan fingerprint density at radius 1 is 1.23 bits per heavy atom. The van der Waals surface area contributed by atoms with Gasteiger partial charge in [-0.15, -0.1) is 0 Å². The van der Waals surface area contributed by atoms with E-state index in [1.807, 2.05) is 6.92 Å². The second-order valence-corrected chi connectivity index (χ2v) is 8.99. The normalized spacial score (nSPS) is 17.2. The van der Waals surface area contributed by atoms with Crippen LogP contribution in [0, 0.1) is 6.92 Å². The summed E-state index contributed by atoms with van der Waals surface area (Å²) in [5.41, 5.74) is 1.97. The molecule has 0 radical (unpaired) electrons. The molecule has 156 valence electrons. The van der Waals surface area contributed by atoms with E-state index in [0.29, 0.717) is 24.1 Å². The van der Waals surface area contributed by atoms with Gasteiger partial charge in [0.1, 0.15) is 6.04 Å². The highest BCUT2D eigenvalue weighted by Crippen LogP contribution is 2.27. The molecule has 0 aliphatic carbocycles. The molecule has 2 aromatic carbocycles. The Hall–Kier alpha value is -3.24. The van der Waals surface area contributed by atoms with Crippen LogP contribution in [0.1, 0.15) is 18.4 Å². The number of amides is 1. The highest BCUT2D eigenvalue weighted by molar-refractivity contribution is 7.89. The van der Waals surface area contributed by atoms with Crippen LogP contribution in [0.15, 0.2) is 62.7 Å². The molecule has 10 heteroatoms. The first-order valence-electron chi connectivity index (χ1n) is 9.40. The van der Waals surface area contributed by atoms with Crippen LogP contribution < -0.4 is 11.1 Å². The fourth-order valence-electron chi connectivity index (χ4n) is 3.46. The van der Waals surface area contributed by atoms with Crippen LogP contribution >= 0.6 is 0 Å². The third-order valence-electron chi connectivity index (χ3n) is 4.98. The summed E-state index contributed by atoms with van der Waals surface area (Å²) in [6, 6.07) is 12.5. The zero-order valence-corrected chi connectivity index (χ0v) is 17.0. The number of hydrogen-bond acceptors (Lipinski definition) is 6. The molecule has 1 fully saturated rings. The number of nitrogens with zero attached hydrogens (tertiary/aromatic N) is 2. The van der Waals surface area contributed by atoms with Crippen LogP contribution in [0.5, 0.6) is 0 Å². The van der Waals surface area contributed by atoms with Gasteiger partial charge >= 0.3 is 5.76 Å². The second kappa shape index (κ2) is 7.88. The van der Waals surface area contributed by atoms with Gasteiger partial charge in [0.2, 0.25) is 15.9 Å². The van der Waals surface area contributed by atoms with Gasteiger partial charge in [-0.25, -0.2) is 13.2 Å². The van der Waals surface area contributed by atoms with Gasteiger partial charge in [-0.2, -0.15) is 4.31 Å². The largest absolute Gasteiger partial charge is 0.439 e. The summed E-state index contributed by atoms with van der Waals surface area (Å²) in [6.45, 7) is 2.17. The van der Waals surface area contributed by atoms with Gasteiger partial charge in [-0.1, -0.05) is 35.0 Å². The Morgan fingerprint density at radius 3 is 2.70 bits per heavy atom. The maximum Gasteiger partial charge on any atom is 0.439 e. The zero-order valence-electron chi connectivity index (χ0n) is 16.2. The molecule has 0 spiro atoms. The Kier molecular flexibility index (Phi) is 5.27. The number of nitrogens with one attached hydrogen (secondary N) is 2. The minimum absolute atomic E-state index is 0.171. The monoisotopic (exact) mass is 428 g/mol. The van der Waals surface area contributed by atoms with Crippen LogP contribution in [-0.4, -0.2) is 41.4 Å². The summed E-state index contributed by atoms with van der Waals surface area (Å²) in [7, 11) is -3.78. The van der Waals surface area contributed by atoms with Crippen molar-refractivity contribution in [2.45, 2.75) is 30.7 Å². The van der Waals surface area contributed by atoms with Crippen LogP contribution in [0.3, 0.4) is 0 Å². The minimum Gasteiger partial charge on any atom is -0.325 e. The summed E-state index contributed by atoms with van der Waals surface area (Å²) in [6.07, 6.45) is 1.04. The standard InChI is InChI=1S/C20H20N4O5S/c1-13-7-9-16(10-8-13)30(27,28)24-11-3-6-17(24)19(25)21-15-5-2-4-14(12-15)18-22-20(26)29-23-18/h2,4-5,7-10,12,17H,3,6,11H2,1H3,(H,21,25)(H,22,23,26)/t17-/m0/s1. The number of carbonyl (C=O) groups is 1. The molecule has 4 rings (SSSR count). The fourth-order valence-corrected chi connectivity index (χ4v) is 5.12. The SMILES string of the molecule is Cc1ccc(S(=O)(=O)N2CCC[C@H]2C(=O)Nc2cccc(-c3noc(=O)[nH]3)c2)cc1. The molecule has 30 heavy (non-hydrogen) atoms. The van der Waals surface area contributed by atoms with Crippen molar-refractivity contribution in [1.29, 1.82) is 0 Å². The van der Waals surface area contributed by atoms with Crippen molar-refractivity contribution in [3.05, 3.63) is 64.6 Å².